The molecule has 0 fully saturated rings. The number of allylic oxidation sites excluding steroid dienone is 1. The minimum atomic E-state index is 0.0456. The van der Waals surface area contributed by atoms with E-state index in [9.17, 15) is 0 Å². The third kappa shape index (κ3) is 4.17. The Morgan fingerprint density at radius 1 is 1.70 bits per heavy atom. The van der Waals surface area contributed by atoms with Crippen molar-refractivity contribution in [2.45, 2.75) is 13.3 Å². The summed E-state index contributed by atoms with van der Waals surface area (Å²) < 4.78 is 0. The van der Waals surface area contributed by atoms with Crippen LogP contribution in [-0.4, -0.2) is 23.3 Å². The molecule has 0 aromatic heterocycles. The Morgan fingerprint density at radius 3 is 2.70 bits per heavy atom. The summed E-state index contributed by atoms with van der Waals surface area (Å²) in [6, 6.07) is 0. The second kappa shape index (κ2) is 5.08. The summed E-state index contributed by atoms with van der Waals surface area (Å²) in [6.07, 6.45) is 2.40. The lowest BCUT2D eigenvalue weighted by Gasteiger charge is -2.11. The van der Waals surface area contributed by atoms with E-state index < -0.39 is 0 Å². The maximum atomic E-state index is 8.43. The molecule has 0 aromatic rings. The summed E-state index contributed by atoms with van der Waals surface area (Å²) in [4.78, 5) is 0. The van der Waals surface area contributed by atoms with Gasteiger partial charge in [-0.2, -0.15) is 0 Å². The number of aliphatic hydroxyl groups is 1. The van der Waals surface area contributed by atoms with E-state index in [0.29, 0.717) is 6.54 Å². The maximum absolute atomic E-state index is 8.43. The number of hydrogen-bond acceptors (Lipinski definition) is 4. The van der Waals surface area contributed by atoms with Crippen molar-refractivity contribution in [3.05, 3.63) is 11.9 Å². The molecule has 0 radical (unpaired) electrons. The van der Waals surface area contributed by atoms with Crippen LogP contribution < -0.4 is 11.6 Å². The smallest absolute Gasteiger partial charge is 0.0622 e. The van der Waals surface area contributed by atoms with Crippen molar-refractivity contribution in [2.24, 2.45) is 11.6 Å². The summed E-state index contributed by atoms with van der Waals surface area (Å²) in [5.74, 6) is 5.38. The van der Waals surface area contributed by atoms with Gasteiger partial charge < -0.3 is 15.8 Å². The average molecular weight is 145 g/mol. The molecule has 0 saturated heterocycles. The van der Waals surface area contributed by atoms with Crippen LogP contribution in [0.2, 0.25) is 0 Å². The lowest BCUT2D eigenvalue weighted by Crippen LogP contribution is -2.29. The highest BCUT2D eigenvalue weighted by molar-refractivity contribution is 4.93. The number of hydrazine groups is 1. The molecule has 0 aliphatic carbocycles. The molecule has 0 aliphatic heterocycles. The fraction of sp³-hybridized carbons (Fsp3) is 0.667. The Kier molecular flexibility index (Phi) is 4.70. The number of nitrogens with two attached hydrogens (primary N) is 2. The lowest BCUT2D eigenvalue weighted by atomic mass is 10.4. The Labute approximate surface area is 61.1 Å². The standard InChI is InChI=1S/C6H15N3O/c1-2-6(7)5-9(8)3-4-10/h5,10H,2-4,7-8H2,1H3/b6-5-. The molecule has 0 aliphatic rings. The zero-order chi connectivity index (χ0) is 7.98. The van der Waals surface area contributed by atoms with Crippen LogP contribution in [0.25, 0.3) is 0 Å². The molecule has 0 aromatic carbocycles. The molecule has 0 heterocycles. The summed E-state index contributed by atoms with van der Waals surface area (Å²) in [5, 5.41) is 9.80. The molecule has 4 heteroatoms. The van der Waals surface area contributed by atoms with Gasteiger partial charge in [-0.25, -0.2) is 5.84 Å². The van der Waals surface area contributed by atoms with Crippen molar-refractivity contribution in [2.75, 3.05) is 13.2 Å². The molecule has 0 bridgehead atoms. The zero-order valence-corrected chi connectivity index (χ0v) is 6.25. The van der Waals surface area contributed by atoms with E-state index in [1.807, 2.05) is 6.92 Å². The first-order valence-electron chi connectivity index (χ1n) is 3.29. The second-order valence-corrected chi connectivity index (χ2v) is 2.02. The van der Waals surface area contributed by atoms with Gasteiger partial charge in [0.05, 0.1) is 13.2 Å². The topological polar surface area (TPSA) is 75.5 Å². The molecule has 60 valence electrons. The number of nitrogens with zero attached hydrogens (tertiary/aromatic N) is 1. The number of aliphatic hydroxyl groups excluding tert-OH is 1. The molecule has 4 nitrogen and oxygen atoms in total. The Morgan fingerprint density at radius 2 is 2.30 bits per heavy atom. The van der Waals surface area contributed by atoms with Crippen LogP contribution in [0.15, 0.2) is 11.9 Å². The Balaban J connectivity index is 3.62. The molecule has 0 unspecified atom stereocenters. The van der Waals surface area contributed by atoms with Crippen LogP contribution in [0.1, 0.15) is 13.3 Å². The molecular weight excluding hydrogens is 130 g/mol. The first-order valence-corrected chi connectivity index (χ1v) is 3.29. The highest BCUT2D eigenvalue weighted by Gasteiger charge is 1.90. The van der Waals surface area contributed by atoms with Gasteiger partial charge in [-0.15, -0.1) is 0 Å². The molecule has 0 rings (SSSR count). The molecular formula is C6H15N3O. The first-order chi connectivity index (χ1) is 4.70. The van der Waals surface area contributed by atoms with E-state index in [0.717, 1.165) is 12.1 Å². The maximum Gasteiger partial charge on any atom is 0.0622 e. The van der Waals surface area contributed by atoms with E-state index in [-0.39, 0.29) is 6.61 Å². The van der Waals surface area contributed by atoms with Crippen molar-refractivity contribution >= 4 is 0 Å². The van der Waals surface area contributed by atoms with E-state index in [1.165, 1.54) is 5.01 Å². The molecule has 0 saturated carbocycles. The van der Waals surface area contributed by atoms with Crippen LogP contribution in [0.5, 0.6) is 0 Å². The summed E-state index contributed by atoms with van der Waals surface area (Å²) in [6.45, 7) is 2.41. The van der Waals surface area contributed by atoms with Gasteiger partial charge in [0.1, 0.15) is 0 Å². The Hall–Kier alpha value is -0.740. The minimum Gasteiger partial charge on any atom is -0.401 e. The van der Waals surface area contributed by atoms with Crippen molar-refractivity contribution in [3.8, 4) is 0 Å². The van der Waals surface area contributed by atoms with Crippen molar-refractivity contribution < 1.29 is 5.11 Å². The normalized spacial score (nSPS) is 11.7. The van der Waals surface area contributed by atoms with Gasteiger partial charge in [0.15, 0.2) is 0 Å². The molecule has 5 N–H and O–H groups in total. The minimum absolute atomic E-state index is 0.0456. The second-order valence-electron chi connectivity index (χ2n) is 2.02. The van der Waals surface area contributed by atoms with Gasteiger partial charge in [0, 0.05) is 11.9 Å². The monoisotopic (exact) mass is 145 g/mol. The fourth-order valence-corrected chi connectivity index (χ4v) is 0.484. The van der Waals surface area contributed by atoms with Gasteiger partial charge >= 0.3 is 0 Å². The Bertz CT molecular complexity index is 114. The van der Waals surface area contributed by atoms with Gasteiger partial charge in [0.25, 0.3) is 0 Å². The quantitative estimate of drug-likeness (QED) is 0.363. The van der Waals surface area contributed by atoms with Crippen molar-refractivity contribution in [1.29, 1.82) is 0 Å². The van der Waals surface area contributed by atoms with E-state index in [4.69, 9.17) is 16.7 Å². The zero-order valence-electron chi connectivity index (χ0n) is 6.25. The largest absolute Gasteiger partial charge is 0.401 e. The fourth-order valence-electron chi connectivity index (χ4n) is 0.484. The van der Waals surface area contributed by atoms with E-state index in [1.54, 1.807) is 6.20 Å². The highest BCUT2D eigenvalue weighted by Crippen LogP contribution is 1.90. The van der Waals surface area contributed by atoms with Crippen molar-refractivity contribution in [1.82, 2.24) is 5.01 Å². The predicted molar refractivity (Wildman–Crippen MR) is 40.5 cm³/mol. The van der Waals surface area contributed by atoms with Crippen LogP contribution in [-0.2, 0) is 0 Å². The average Bonchev–Trinajstić information content (AvgIpc) is 1.88. The third-order valence-corrected chi connectivity index (χ3v) is 1.10. The highest BCUT2D eigenvalue weighted by atomic mass is 16.3. The first kappa shape index (κ1) is 9.26. The lowest BCUT2D eigenvalue weighted by molar-refractivity contribution is 0.238. The van der Waals surface area contributed by atoms with Crippen LogP contribution in [0.3, 0.4) is 0 Å². The van der Waals surface area contributed by atoms with Crippen LogP contribution >= 0.6 is 0 Å². The predicted octanol–water partition coefficient (Wildman–Crippen LogP) is -0.635. The number of hydrogen-bond donors (Lipinski definition) is 3. The molecule has 10 heavy (non-hydrogen) atoms. The molecule has 0 atom stereocenters. The molecule has 0 amide bonds. The van der Waals surface area contributed by atoms with Gasteiger partial charge in [0.2, 0.25) is 0 Å². The van der Waals surface area contributed by atoms with Gasteiger partial charge in [-0.3, -0.25) is 0 Å². The third-order valence-electron chi connectivity index (χ3n) is 1.10. The van der Waals surface area contributed by atoms with Crippen LogP contribution in [0, 0.1) is 0 Å². The van der Waals surface area contributed by atoms with Gasteiger partial charge in [-0.1, -0.05) is 6.92 Å². The summed E-state index contributed by atoms with van der Waals surface area (Å²) in [7, 11) is 0. The van der Waals surface area contributed by atoms with E-state index >= 15 is 0 Å². The van der Waals surface area contributed by atoms with E-state index in [2.05, 4.69) is 0 Å². The van der Waals surface area contributed by atoms with Crippen molar-refractivity contribution in [3.63, 3.8) is 0 Å². The summed E-state index contributed by atoms with van der Waals surface area (Å²) >= 11 is 0. The van der Waals surface area contributed by atoms with Gasteiger partial charge in [-0.05, 0) is 6.42 Å². The van der Waals surface area contributed by atoms with Crippen LogP contribution in [0.4, 0.5) is 0 Å². The molecule has 0 spiro atoms. The SMILES string of the molecule is CC/C(N)=C/N(N)CCO. The summed E-state index contributed by atoms with van der Waals surface area (Å²) in [5.41, 5.74) is 6.18. The number of rotatable bonds is 4.